The molecule has 3 aromatic rings. The highest BCUT2D eigenvalue weighted by atomic mass is 16.1. The van der Waals surface area contributed by atoms with Crippen molar-refractivity contribution in [3.8, 4) is 0 Å². The first-order chi connectivity index (χ1) is 20.1. The van der Waals surface area contributed by atoms with E-state index < -0.39 is 0 Å². The highest BCUT2D eigenvalue weighted by Gasteiger charge is 2.21. The molecule has 0 radical (unpaired) electrons. The van der Waals surface area contributed by atoms with Crippen LogP contribution in [0.4, 0.5) is 5.69 Å². The summed E-state index contributed by atoms with van der Waals surface area (Å²) in [5, 5.41) is 4.26. The summed E-state index contributed by atoms with van der Waals surface area (Å²) < 4.78 is 1.91. The summed E-state index contributed by atoms with van der Waals surface area (Å²) in [6.07, 6.45) is 12.5. The van der Waals surface area contributed by atoms with Crippen LogP contribution in [-0.4, -0.2) is 54.6 Å². The Morgan fingerprint density at radius 3 is 2.51 bits per heavy atom. The number of anilines is 1. The van der Waals surface area contributed by atoms with Gasteiger partial charge in [0.15, 0.2) is 0 Å². The maximum absolute atomic E-state index is 13.7. The molecule has 0 bridgehead atoms. The van der Waals surface area contributed by atoms with Gasteiger partial charge in [-0.05, 0) is 86.4 Å². The lowest BCUT2D eigenvalue weighted by Crippen LogP contribution is -2.47. The summed E-state index contributed by atoms with van der Waals surface area (Å²) in [5.41, 5.74) is 6.24. The quantitative estimate of drug-likeness (QED) is 0.385. The molecule has 1 N–H and O–H groups in total. The van der Waals surface area contributed by atoms with Gasteiger partial charge < -0.3 is 14.8 Å². The normalized spacial score (nSPS) is 19.2. The number of pyridine rings is 1. The lowest BCUT2D eigenvalue weighted by atomic mass is 9.89. The molecule has 2 aliphatic carbocycles. The third-order valence-electron chi connectivity index (χ3n) is 9.01. The maximum atomic E-state index is 13.7. The molecule has 2 aromatic carbocycles. The van der Waals surface area contributed by atoms with Crippen molar-refractivity contribution in [3.63, 3.8) is 0 Å². The van der Waals surface area contributed by atoms with Crippen LogP contribution in [0, 0.1) is 5.92 Å². The first kappa shape index (κ1) is 27.5. The zero-order valence-electron chi connectivity index (χ0n) is 24.3. The van der Waals surface area contributed by atoms with E-state index in [4.69, 9.17) is 0 Å². The predicted molar refractivity (Wildman–Crippen MR) is 168 cm³/mol. The van der Waals surface area contributed by atoms with Crippen molar-refractivity contribution < 1.29 is 4.79 Å². The number of fused-ring (bicyclic) bond motifs is 3. The van der Waals surface area contributed by atoms with Gasteiger partial charge in [-0.15, -0.1) is 0 Å². The fourth-order valence-electron chi connectivity index (χ4n) is 6.57. The lowest BCUT2D eigenvalue weighted by molar-refractivity contribution is 0.0951. The van der Waals surface area contributed by atoms with E-state index >= 15 is 0 Å². The molecule has 214 valence electrons. The van der Waals surface area contributed by atoms with Crippen molar-refractivity contribution in [2.75, 3.05) is 44.2 Å². The summed E-state index contributed by atoms with van der Waals surface area (Å²) in [6, 6.07) is 16.6. The molecule has 0 saturated carbocycles. The molecule has 1 unspecified atom stereocenters. The lowest BCUT2D eigenvalue weighted by Gasteiger charge is -2.36. The molecule has 2 heterocycles. The summed E-state index contributed by atoms with van der Waals surface area (Å²) in [4.78, 5) is 31.8. The number of allylic oxidation sites excluding steroid dienone is 4. The molecular weight excluding hydrogens is 508 g/mol. The Kier molecular flexibility index (Phi) is 8.38. The summed E-state index contributed by atoms with van der Waals surface area (Å²) >= 11 is 0. The van der Waals surface area contributed by atoms with Crippen LogP contribution in [0.15, 0.2) is 77.1 Å². The number of para-hydroxylation sites is 1. The Labute approximate surface area is 243 Å². The number of aryl methyl sites for hydroxylation is 1. The van der Waals surface area contributed by atoms with Crippen LogP contribution in [0.5, 0.6) is 0 Å². The zero-order valence-corrected chi connectivity index (χ0v) is 24.3. The number of nitrogens with one attached hydrogen (secondary N) is 1. The standard InChI is InChI=1S/C35H42N4O2/c1-26-12-14-27(15-13-26)25-39-33-24-28(16-17-31(33)30-10-5-6-11-32(30)35(39)41)34(40)36-18-7-19-37-20-22-38(23-21-37)29-8-3-2-4-9-29/h2-4,8-9,12,14-17,24,26H,5-7,10-11,13,18-23,25H2,1H3,(H,36,40). The summed E-state index contributed by atoms with van der Waals surface area (Å²) in [6.45, 7) is 8.53. The van der Waals surface area contributed by atoms with Crippen LogP contribution < -0.4 is 15.8 Å². The van der Waals surface area contributed by atoms with Crippen molar-refractivity contribution in [1.29, 1.82) is 0 Å². The van der Waals surface area contributed by atoms with E-state index in [9.17, 15) is 9.59 Å². The molecule has 1 saturated heterocycles. The summed E-state index contributed by atoms with van der Waals surface area (Å²) in [7, 11) is 0. The second-order valence-electron chi connectivity index (χ2n) is 11.9. The van der Waals surface area contributed by atoms with Gasteiger partial charge in [-0.3, -0.25) is 14.5 Å². The Bertz CT molecular complexity index is 1510. The Morgan fingerprint density at radius 2 is 1.76 bits per heavy atom. The van der Waals surface area contributed by atoms with Gasteiger partial charge >= 0.3 is 0 Å². The van der Waals surface area contributed by atoms with Gasteiger partial charge in [-0.2, -0.15) is 0 Å². The van der Waals surface area contributed by atoms with Gasteiger partial charge in [0.05, 0.1) is 12.1 Å². The predicted octanol–water partition coefficient (Wildman–Crippen LogP) is 5.34. The third kappa shape index (κ3) is 6.18. The first-order valence-corrected chi connectivity index (χ1v) is 15.4. The van der Waals surface area contributed by atoms with E-state index in [1.54, 1.807) is 0 Å². The number of benzene rings is 2. The minimum Gasteiger partial charge on any atom is -0.369 e. The number of piperazine rings is 1. The molecule has 6 rings (SSSR count). The van der Waals surface area contributed by atoms with E-state index in [1.807, 2.05) is 16.7 Å². The van der Waals surface area contributed by atoms with Crippen LogP contribution in [0.25, 0.3) is 10.9 Å². The molecule has 1 atom stereocenters. The van der Waals surface area contributed by atoms with Crippen molar-refractivity contribution in [3.05, 3.63) is 99.4 Å². The molecule has 3 aliphatic rings. The first-order valence-electron chi connectivity index (χ1n) is 15.4. The fourth-order valence-corrected chi connectivity index (χ4v) is 6.57. The maximum Gasteiger partial charge on any atom is 0.254 e. The molecular formula is C35H42N4O2. The average Bonchev–Trinajstić information content (AvgIpc) is 3.02. The molecule has 1 aliphatic heterocycles. The van der Waals surface area contributed by atoms with E-state index in [2.05, 4.69) is 76.7 Å². The number of aromatic nitrogens is 1. The number of carbonyl (C=O) groups excluding carboxylic acids is 1. The molecule has 0 spiro atoms. The Morgan fingerprint density at radius 1 is 0.976 bits per heavy atom. The molecule has 1 fully saturated rings. The molecule has 1 amide bonds. The van der Waals surface area contributed by atoms with Crippen molar-refractivity contribution in [2.45, 2.75) is 52.0 Å². The summed E-state index contributed by atoms with van der Waals surface area (Å²) in [5.74, 6) is 0.466. The zero-order chi connectivity index (χ0) is 28.2. The second-order valence-corrected chi connectivity index (χ2v) is 11.9. The topological polar surface area (TPSA) is 57.6 Å². The number of hydrogen-bond acceptors (Lipinski definition) is 4. The number of rotatable bonds is 8. The van der Waals surface area contributed by atoms with Crippen LogP contribution in [0.2, 0.25) is 0 Å². The van der Waals surface area contributed by atoms with Gasteiger partial charge in [-0.1, -0.05) is 49.4 Å². The van der Waals surface area contributed by atoms with Crippen LogP contribution in [-0.2, 0) is 19.4 Å². The number of carbonyl (C=O) groups is 1. The average molecular weight is 551 g/mol. The van der Waals surface area contributed by atoms with Crippen molar-refractivity contribution >= 4 is 22.5 Å². The monoisotopic (exact) mass is 550 g/mol. The van der Waals surface area contributed by atoms with Crippen molar-refractivity contribution in [2.24, 2.45) is 5.92 Å². The third-order valence-corrected chi connectivity index (χ3v) is 9.01. The smallest absolute Gasteiger partial charge is 0.254 e. The van der Waals surface area contributed by atoms with Crippen molar-refractivity contribution in [1.82, 2.24) is 14.8 Å². The fraction of sp³-hybridized carbons (Fsp3) is 0.429. The van der Waals surface area contributed by atoms with E-state index in [0.717, 1.165) is 87.7 Å². The number of nitrogens with zero attached hydrogens (tertiary/aromatic N) is 3. The van der Waals surface area contributed by atoms with Gasteiger partial charge in [0.25, 0.3) is 11.5 Å². The van der Waals surface area contributed by atoms with Gasteiger partial charge in [-0.25, -0.2) is 0 Å². The molecule has 1 aromatic heterocycles. The molecule has 6 heteroatoms. The Hall–Kier alpha value is -3.64. The van der Waals surface area contributed by atoms with Crippen LogP contribution in [0.1, 0.15) is 54.1 Å². The highest BCUT2D eigenvalue weighted by Crippen LogP contribution is 2.28. The SMILES string of the molecule is CC1C=CC(Cn2c(=O)c3c(c4ccc(C(=O)NCCCN5CCN(c6ccccc6)CC5)cc42)CCCC3)=CC1. The van der Waals surface area contributed by atoms with Gasteiger partial charge in [0.1, 0.15) is 0 Å². The van der Waals surface area contributed by atoms with Crippen LogP contribution in [0.3, 0.4) is 0 Å². The number of hydrogen-bond donors (Lipinski definition) is 1. The largest absolute Gasteiger partial charge is 0.369 e. The van der Waals surface area contributed by atoms with Crippen LogP contribution >= 0.6 is 0 Å². The number of amides is 1. The van der Waals surface area contributed by atoms with Gasteiger partial charge in [0.2, 0.25) is 0 Å². The van der Waals surface area contributed by atoms with E-state index in [0.29, 0.717) is 24.6 Å². The minimum absolute atomic E-state index is 0.0666. The highest BCUT2D eigenvalue weighted by molar-refractivity contribution is 5.98. The van der Waals surface area contributed by atoms with Gasteiger partial charge in [0, 0.05) is 54.9 Å². The molecule has 6 nitrogen and oxygen atoms in total. The minimum atomic E-state index is -0.0666. The molecule has 41 heavy (non-hydrogen) atoms. The second kappa shape index (κ2) is 12.5. The Balaban J connectivity index is 1.11. The van der Waals surface area contributed by atoms with E-state index in [-0.39, 0.29) is 11.5 Å². The van der Waals surface area contributed by atoms with E-state index in [1.165, 1.54) is 16.8 Å².